The summed E-state index contributed by atoms with van der Waals surface area (Å²) in [5.74, 6) is -1.45. The first-order valence-corrected chi connectivity index (χ1v) is 7.25. The number of nitrogens with one attached hydrogen (secondary N) is 1. The Hall–Kier alpha value is -2.38. The summed E-state index contributed by atoms with van der Waals surface area (Å²) >= 11 is 6.07. The zero-order valence-corrected chi connectivity index (χ0v) is 12.7. The molecule has 1 aliphatic rings. The average molecular weight is 337 g/mol. The minimum absolute atomic E-state index is 0.0209. The number of aromatic nitrogens is 1. The van der Waals surface area contributed by atoms with E-state index in [0.717, 1.165) is 0 Å². The number of benzene rings is 1. The number of nitrogens with zero attached hydrogens (tertiary/aromatic N) is 1. The monoisotopic (exact) mass is 336 g/mol. The first-order valence-electron chi connectivity index (χ1n) is 6.87. The molecule has 1 amide bonds. The first kappa shape index (κ1) is 15.5. The molecule has 1 unspecified atom stereocenters. The van der Waals surface area contributed by atoms with Gasteiger partial charge in [-0.05, 0) is 12.1 Å². The van der Waals surface area contributed by atoms with Gasteiger partial charge in [0.2, 0.25) is 0 Å². The third-order valence-electron chi connectivity index (χ3n) is 3.67. The predicted molar refractivity (Wildman–Crippen MR) is 80.2 cm³/mol. The van der Waals surface area contributed by atoms with Crippen LogP contribution in [0.5, 0.6) is 0 Å². The number of ether oxygens (including phenoxy) is 1. The number of carboxylic acid groups (broad SMARTS) is 1. The number of hydrogen-bond acceptors (Lipinski definition) is 5. The van der Waals surface area contributed by atoms with Crippen molar-refractivity contribution in [2.45, 2.75) is 12.0 Å². The smallest absolute Gasteiger partial charge is 0.331 e. The Morgan fingerprint density at radius 2 is 2.13 bits per heavy atom. The highest BCUT2D eigenvalue weighted by Gasteiger charge is 2.44. The molecule has 120 valence electrons. The maximum Gasteiger partial charge on any atom is 0.331 e. The van der Waals surface area contributed by atoms with E-state index in [2.05, 4.69) is 10.5 Å². The Labute approximate surface area is 136 Å². The van der Waals surface area contributed by atoms with E-state index >= 15 is 0 Å². The number of halogens is 1. The summed E-state index contributed by atoms with van der Waals surface area (Å²) in [4.78, 5) is 23.7. The summed E-state index contributed by atoms with van der Waals surface area (Å²) < 4.78 is 10.2. The van der Waals surface area contributed by atoms with Gasteiger partial charge in [0, 0.05) is 24.7 Å². The molecule has 0 saturated carbocycles. The molecular formula is C15H13ClN2O5. The van der Waals surface area contributed by atoms with Crippen LogP contribution in [-0.2, 0) is 9.53 Å². The van der Waals surface area contributed by atoms with Crippen LogP contribution in [0.1, 0.15) is 16.9 Å². The number of carboxylic acids is 1. The van der Waals surface area contributed by atoms with Crippen molar-refractivity contribution in [2.24, 2.45) is 0 Å². The molecule has 1 aromatic carbocycles. The molecule has 2 heterocycles. The van der Waals surface area contributed by atoms with Crippen molar-refractivity contribution in [3.8, 4) is 11.3 Å². The second-order valence-electron chi connectivity index (χ2n) is 5.20. The lowest BCUT2D eigenvalue weighted by atomic mass is 9.99. The van der Waals surface area contributed by atoms with Gasteiger partial charge in [-0.3, -0.25) is 4.79 Å². The molecule has 2 N–H and O–H groups in total. The van der Waals surface area contributed by atoms with Crippen LogP contribution < -0.4 is 5.32 Å². The molecular weight excluding hydrogens is 324 g/mol. The van der Waals surface area contributed by atoms with Gasteiger partial charge in [0.1, 0.15) is 0 Å². The van der Waals surface area contributed by atoms with Crippen molar-refractivity contribution >= 4 is 23.5 Å². The topological polar surface area (TPSA) is 102 Å². The van der Waals surface area contributed by atoms with Gasteiger partial charge in [-0.25, -0.2) is 4.79 Å². The predicted octanol–water partition coefficient (Wildman–Crippen LogP) is 1.97. The van der Waals surface area contributed by atoms with E-state index in [1.807, 2.05) is 0 Å². The van der Waals surface area contributed by atoms with Gasteiger partial charge < -0.3 is 19.7 Å². The lowest BCUT2D eigenvalue weighted by Gasteiger charge is -2.22. The molecule has 0 spiro atoms. The van der Waals surface area contributed by atoms with E-state index in [9.17, 15) is 14.7 Å². The fourth-order valence-electron chi connectivity index (χ4n) is 2.34. The Balaban J connectivity index is 1.82. The largest absolute Gasteiger partial charge is 0.479 e. The van der Waals surface area contributed by atoms with Crippen molar-refractivity contribution in [2.75, 3.05) is 13.2 Å². The Kier molecular flexibility index (Phi) is 4.06. The van der Waals surface area contributed by atoms with E-state index in [-0.39, 0.29) is 25.3 Å². The number of carbonyl (C=O) groups is 2. The molecule has 0 bridgehead atoms. The average Bonchev–Trinajstić information content (AvgIpc) is 3.17. The fraction of sp³-hybridized carbons (Fsp3) is 0.267. The van der Waals surface area contributed by atoms with Crippen molar-refractivity contribution in [3.05, 3.63) is 41.0 Å². The Morgan fingerprint density at radius 3 is 2.78 bits per heavy atom. The summed E-state index contributed by atoms with van der Waals surface area (Å²) in [5, 5.41) is 15.9. The molecule has 0 aliphatic carbocycles. The fourth-order valence-corrected chi connectivity index (χ4v) is 2.57. The quantitative estimate of drug-likeness (QED) is 0.885. The highest BCUT2D eigenvalue weighted by Crippen LogP contribution is 2.28. The molecule has 3 rings (SSSR count). The second kappa shape index (κ2) is 6.02. The molecule has 0 radical (unpaired) electrons. The number of carbonyl (C=O) groups excluding carboxylic acids is 1. The van der Waals surface area contributed by atoms with Gasteiger partial charge in [0.15, 0.2) is 17.0 Å². The van der Waals surface area contributed by atoms with Crippen LogP contribution in [0.15, 0.2) is 34.9 Å². The lowest BCUT2D eigenvalue weighted by Crippen LogP contribution is -2.55. The highest BCUT2D eigenvalue weighted by atomic mass is 35.5. The molecule has 1 fully saturated rings. The van der Waals surface area contributed by atoms with Gasteiger partial charge in [-0.15, -0.1) is 0 Å². The molecule has 1 atom stereocenters. The van der Waals surface area contributed by atoms with E-state index in [1.165, 1.54) is 6.07 Å². The van der Waals surface area contributed by atoms with Crippen molar-refractivity contribution in [3.63, 3.8) is 0 Å². The molecule has 7 nitrogen and oxygen atoms in total. The van der Waals surface area contributed by atoms with Gasteiger partial charge in [0.25, 0.3) is 5.91 Å². The van der Waals surface area contributed by atoms with E-state index in [4.69, 9.17) is 20.9 Å². The normalized spacial score (nSPS) is 20.4. The summed E-state index contributed by atoms with van der Waals surface area (Å²) in [6.45, 7) is 0.194. The zero-order chi connectivity index (χ0) is 16.4. The van der Waals surface area contributed by atoms with Gasteiger partial charge in [0.05, 0.1) is 11.6 Å². The summed E-state index contributed by atoms with van der Waals surface area (Å²) in [6.07, 6.45) is 0.198. The minimum atomic E-state index is -1.43. The van der Waals surface area contributed by atoms with Crippen LogP contribution in [0.3, 0.4) is 0 Å². The molecule has 1 aromatic heterocycles. The molecule has 1 saturated heterocycles. The van der Waals surface area contributed by atoms with Crippen LogP contribution in [0.4, 0.5) is 0 Å². The van der Waals surface area contributed by atoms with Crippen molar-refractivity contribution in [1.29, 1.82) is 0 Å². The van der Waals surface area contributed by atoms with E-state index in [0.29, 0.717) is 16.3 Å². The highest BCUT2D eigenvalue weighted by molar-refractivity contribution is 6.33. The lowest BCUT2D eigenvalue weighted by molar-refractivity contribution is -0.144. The van der Waals surface area contributed by atoms with Gasteiger partial charge >= 0.3 is 5.97 Å². The summed E-state index contributed by atoms with van der Waals surface area (Å²) in [7, 11) is 0. The van der Waals surface area contributed by atoms with Crippen molar-refractivity contribution in [1.82, 2.24) is 10.5 Å². The van der Waals surface area contributed by atoms with Crippen LogP contribution in [0.2, 0.25) is 5.02 Å². The summed E-state index contributed by atoms with van der Waals surface area (Å²) in [5.41, 5.74) is -0.856. The molecule has 23 heavy (non-hydrogen) atoms. The van der Waals surface area contributed by atoms with Gasteiger partial charge in [-0.1, -0.05) is 28.9 Å². The van der Waals surface area contributed by atoms with Crippen LogP contribution >= 0.6 is 11.6 Å². The maximum absolute atomic E-state index is 12.3. The maximum atomic E-state index is 12.3. The molecule has 2 aromatic rings. The molecule has 8 heteroatoms. The minimum Gasteiger partial charge on any atom is -0.479 e. The van der Waals surface area contributed by atoms with Crippen LogP contribution in [0.25, 0.3) is 11.3 Å². The molecule has 1 aliphatic heterocycles. The number of amides is 1. The van der Waals surface area contributed by atoms with E-state index < -0.39 is 17.4 Å². The van der Waals surface area contributed by atoms with Crippen molar-refractivity contribution < 1.29 is 24.0 Å². The Morgan fingerprint density at radius 1 is 1.35 bits per heavy atom. The SMILES string of the molecule is O=C(NC1(C(=O)O)CCOC1)c1cc(-c2ccccc2Cl)on1. The Bertz CT molecular complexity index is 752. The number of rotatable bonds is 4. The van der Waals surface area contributed by atoms with Crippen LogP contribution in [-0.4, -0.2) is 40.9 Å². The van der Waals surface area contributed by atoms with Gasteiger partial charge in [-0.2, -0.15) is 0 Å². The third-order valence-corrected chi connectivity index (χ3v) is 4.00. The number of aliphatic carboxylic acids is 1. The summed E-state index contributed by atoms with van der Waals surface area (Å²) in [6, 6.07) is 8.38. The number of hydrogen-bond donors (Lipinski definition) is 2. The third kappa shape index (κ3) is 2.93. The van der Waals surface area contributed by atoms with Crippen LogP contribution in [0, 0.1) is 0 Å². The second-order valence-corrected chi connectivity index (χ2v) is 5.61. The first-order chi connectivity index (χ1) is 11.0. The zero-order valence-electron chi connectivity index (χ0n) is 11.9. The van der Waals surface area contributed by atoms with E-state index in [1.54, 1.807) is 24.3 Å². The standard InChI is InChI=1S/C15H13ClN2O5/c16-10-4-2-1-3-9(10)12-7-11(18-23-12)13(19)17-15(14(20)21)5-6-22-8-15/h1-4,7H,5-6,8H2,(H,17,19)(H,20,21).